The molecule has 0 unspecified atom stereocenters. The molecular formula is C13H20N2O4S. The first-order valence-electron chi connectivity index (χ1n) is 6.45. The Morgan fingerprint density at radius 1 is 1.20 bits per heavy atom. The van der Waals surface area contributed by atoms with E-state index in [1.54, 1.807) is 12.1 Å². The quantitative estimate of drug-likeness (QED) is 0.764. The van der Waals surface area contributed by atoms with E-state index in [9.17, 15) is 13.2 Å². The fraction of sp³-hybridized carbons (Fsp3) is 0.462. The first-order valence-corrected chi connectivity index (χ1v) is 8.10. The van der Waals surface area contributed by atoms with Crippen LogP contribution in [0.3, 0.4) is 0 Å². The lowest BCUT2D eigenvalue weighted by Gasteiger charge is -2.21. The van der Waals surface area contributed by atoms with E-state index in [4.69, 9.17) is 5.11 Å². The van der Waals surface area contributed by atoms with Gasteiger partial charge in [0.15, 0.2) is 0 Å². The summed E-state index contributed by atoms with van der Waals surface area (Å²) in [5, 5.41) is 8.50. The zero-order valence-corrected chi connectivity index (χ0v) is 12.5. The molecule has 0 aliphatic heterocycles. The molecule has 6 nitrogen and oxygen atoms in total. The molecule has 20 heavy (non-hydrogen) atoms. The van der Waals surface area contributed by atoms with Crippen molar-refractivity contribution in [2.45, 2.75) is 20.3 Å². The maximum Gasteiger partial charge on any atom is 0.304 e. The van der Waals surface area contributed by atoms with Gasteiger partial charge in [-0.05, 0) is 38.1 Å². The molecule has 0 bridgehead atoms. The topological polar surface area (TPSA) is 86.7 Å². The lowest BCUT2D eigenvalue weighted by atomic mass is 10.2. The van der Waals surface area contributed by atoms with Crippen molar-refractivity contribution in [2.24, 2.45) is 0 Å². The molecule has 0 aliphatic carbocycles. The fourth-order valence-corrected chi connectivity index (χ4v) is 2.82. The number of hydrogen-bond donors (Lipinski definition) is 2. The summed E-state index contributed by atoms with van der Waals surface area (Å²) in [4.78, 5) is 12.5. The molecule has 0 saturated heterocycles. The van der Waals surface area contributed by atoms with E-state index in [2.05, 4.69) is 9.62 Å². The van der Waals surface area contributed by atoms with Crippen molar-refractivity contribution in [3.8, 4) is 0 Å². The third-order valence-electron chi connectivity index (χ3n) is 2.85. The maximum atomic E-state index is 11.7. The largest absolute Gasteiger partial charge is 0.481 e. The van der Waals surface area contributed by atoms with Crippen molar-refractivity contribution in [2.75, 3.05) is 28.5 Å². The number of hydrogen-bond acceptors (Lipinski definition) is 4. The maximum absolute atomic E-state index is 11.7. The van der Waals surface area contributed by atoms with Crippen molar-refractivity contribution < 1.29 is 18.3 Å². The number of carboxylic acid groups (broad SMARTS) is 1. The van der Waals surface area contributed by atoms with Gasteiger partial charge in [0, 0.05) is 24.5 Å². The number of benzene rings is 1. The summed E-state index contributed by atoms with van der Waals surface area (Å²) in [5.41, 5.74) is 1.45. The van der Waals surface area contributed by atoms with Crippen LogP contribution in [0.15, 0.2) is 24.3 Å². The minimum absolute atomic E-state index is 0.410. The van der Waals surface area contributed by atoms with Crippen molar-refractivity contribution in [3.63, 3.8) is 0 Å². The van der Waals surface area contributed by atoms with Crippen LogP contribution in [0.2, 0.25) is 0 Å². The van der Waals surface area contributed by atoms with Crippen LogP contribution in [0.1, 0.15) is 20.3 Å². The van der Waals surface area contributed by atoms with Gasteiger partial charge >= 0.3 is 5.97 Å². The number of carboxylic acids is 1. The molecule has 0 aliphatic rings. The van der Waals surface area contributed by atoms with Gasteiger partial charge in [0.05, 0.1) is 12.2 Å². The van der Waals surface area contributed by atoms with Gasteiger partial charge in [0.1, 0.15) is 0 Å². The Bertz CT molecular complexity index is 536. The van der Waals surface area contributed by atoms with E-state index in [-0.39, 0.29) is 0 Å². The zero-order valence-electron chi connectivity index (χ0n) is 11.7. The molecule has 0 heterocycles. The van der Waals surface area contributed by atoms with Crippen LogP contribution >= 0.6 is 0 Å². The van der Waals surface area contributed by atoms with Crippen LogP contribution in [-0.2, 0) is 14.8 Å². The van der Waals surface area contributed by atoms with Crippen LogP contribution in [0.5, 0.6) is 0 Å². The van der Waals surface area contributed by atoms with Gasteiger partial charge in [0.25, 0.3) is 0 Å². The van der Waals surface area contributed by atoms with Crippen molar-refractivity contribution in [1.29, 1.82) is 0 Å². The summed E-state index contributed by atoms with van der Waals surface area (Å²) in [6.45, 7) is 5.85. The number of nitrogens with zero attached hydrogens (tertiary/aromatic N) is 1. The summed E-state index contributed by atoms with van der Waals surface area (Å²) in [7, 11) is -3.62. The second-order valence-corrected chi connectivity index (χ2v) is 6.13. The second-order valence-electron chi connectivity index (χ2n) is 4.28. The molecule has 0 saturated carbocycles. The number of rotatable bonds is 8. The molecule has 0 atom stereocenters. The average molecular weight is 300 g/mol. The number of aliphatic carboxylic acids is 1. The number of sulfonamides is 1. The molecule has 1 aromatic carbocycles. The van der Waals surface area contributed by atoms with Gasteiger partial charge in [-0.2, -0.15) is 0 Å². The number of nitrogens with one attached hydrogen (secondary N) is 1. The number of carbonyl (C=O) groups is 1. The Morgan fingerprint density at radius 2 is 1.75 bits per heavy atom. The van der Waals surface area contributed by atoms with Crippen molar-refractivity contribution >= 4 is 27.4 Å². The van der Waals surface area contributed by atoms with Gasteiger partial charge in [-0.15, -0.1) is 0 Å². The highest BCUT2D eigenvalue weighted by molar-refractivity contribution is 7.92. The van der Waals surface area contributed by atoms with Crippen LogP contribution < -0.4 is 9.62 Å². The first-order chi connectivity index (χ1) is 9.38. The summed E-state index contributed by atoms with van der Waals surface area (Å²) >= 11 is 0. The van der Waals surface area contributed by atoms with Gasteiger partial charge in [-0.1, -0.05) is 0 Å². The lowest BCUT2D eigenvalue weighted by molar-refractivity contribution is -0.136. The molecule has 1 rings (SSSR count). The van der Waals surface area contributed by atoms with E-state index in [1.807, 2.05) is 26.0 Å². The van der Waals surface area contributed by atoms with Gasteiger partial charge in [0.2, 0.25) is 10.0 Å². The standard InChI is InChI=1S/C13H20N2O4S/c1-3-15(4-2)12-7-5-11(6-8-12)14-20(18,19)10-9-13(16)17/h5-8,14H,3-4,9-10H2,1-2H3,(H,16,17). The SMILES string of the molecule is CCN(CC)c1ccc(NS(=O)(=O)CCC(=O)O)cc1. The summed E-state index contributed by atoms with van der Waals surface area (Å²) in [6.07, 6.45) is -0.410. The Hall–Kier alpha value is -1.76. The molecule has 0 amide bonds. The fourth-order valence-electron chi connectivity index (χ4n) is 1.78. The number of anilines is 2. The van der Waals surface area contributed by atoms with E-state index < -0.39 is 28.2 Å². The van der Waals surface area contributed by atoms with E-state index >= 15 is 0 Å². The first kappa shape index (κ1) is 16.3. The Balaban J connectivity index is 2.72. The molecule has 1 aromatic rings. The molecule has 0 spiro atoms. The molecule has 0 radical (unpaired) electrons. The van der Waals surface area contributed by atoms with Gasteiger partial charge in [-0.25, -0.2) is 8.42 Å². The van der Waals surface area contributed by atoms with Gasteiger partial charge in [-0.3, -0.25) is 9.52 Å². The highest BCUT2D eigenvalue weighted by Gasteiger charge is 2.13. The third-order valence-corrected chi connectivity index (χ3v) is 4.14. The molecular weight excluding hydrogens is 280 g/mol. The lowest BCUT2D eigenvalue weighted by Crippen LogP contribution is -2.22. The molecule has 2 N–H and O–H groups in total. The van der Waals surface area contributed by atoms with Gasteiger partial charge < -0.3 is 10.0 Å². The monoisotopic (exact) mass is 300 g/mol. The zero-order chi connectivity index (χ0) is 15.2. The molecule has 112 valence electrons. The average Bonchev–Trinajstić information content (AvgIpc) is 2.40. The Morgan fingerprint density at radius 3 is 2.20 bits per heavy atom. The summed E-state index contributed by atoms with van der Waals surface area (Å²) in [5.74, 6) is -1.56. The van der Waals surface area contributed by atoms with E-state index in [1.165, 1.54) is 0 Å². The highest BCUT2D eigenvalue weighted by Crippen LogP contribution is 2.18. The van der Waals surface area contributed by atoms with Crippen LogP contribution in [0.25, 0.3) is 0 Å². The smallest absolute Gasteiger partial charge is 0.304 e. The van der Waals surface area contributed by atoms with E-state index in [0.717, 1.165) is 18.8 Å². The summed E-state index contributed by atoms with van der Waals surface area (Å²) in [6, 6.07) is 7.02. The molecule has 7 heteroatoms. The van der Waals surface area contributed by atoms with E-state index in [0.29, 0.717) is 5.69 Å². The van der Waals surface area contributed by atoms with Crippen molar-refractivity contribution in [3.05, 3.63) is 24.3 Å². The predicted molar refractivity (Wildman–Crippen MR) is 79.7 cm³/mol. The molecule has 0 aromatic heterocycles. The summed E-state index contributed by atoms with van der Waals surface area (Å²) < 4.78 is 25.7. The Labute approximate surface area is 119 Å². The van der Waals surface area contributed by atoms with Crippen LogP contribution in [0.4, 0.5) is 11.4 Å². The second kappa shape index (κ2) is 7.14. The van der Waals surface area contributed by atoms with Crippen molar-refractivity contribution in [1.82, 2.24) is 0 Å². The highest BCUT2D eigenvalue weighted by atomic mass is 32.2. The minimum atomic E-state index is -3.62. The third kappa shape index (κ3) is 5.08. The predicted octanol–water partition coefficient (Wildman–Crippen LogP) is 1.75. The van der Waals surface area contributed by atoms with Crippen LogP contribution in [0, 0.1) is 0 Å². The Kier molecular flexibility index (Phi) is 5.82. The normalized spacial score (nSPS) is 11.1. The minimum Gasteiger partial charge on any atom is -0.481 e. The molecule has 0 fully saturated rings. The van der Waals surface area contributed by atoms with Crippen LogP contribution in [-0.4, -0.2) is 38.3 Å².